The van der Waals surface area contributed by atoms with Crippen molar-refractivity contribution in [1.29, 1.82) is 0 Å². The lowest BCUT2D eigenvalue weighted by molar-refractivity contribution is -0.120. The van der Waals surface area contributed by atoms with E-state index < -0.39 is 0 Å². The normalized spacial score (nSPS) is 10.6. The Morgan fingerprint density at radius 2 is 1.96 bits per heavy atom. The molecule has 142 valence electrons. The monoisotopic (exact) mass is 434 g/mol. The summed E-state index contributed by atoms with van der Waals surface area (Å²) < 4.78 is 24.8. The number of carbonyl (C=O) groups is 1. The Hall–Kier alpha value is -2.67. The number of carbonyl (C=O) groups excluding carboxylic acids is 1. The molecule has 0 unspecified atom stereocenters. The topological polar surface area (TPSA) is 59.9 Å². The number of nitrogens with one attached hydrogen (secondary N) is 1. The van der Waals surface area contributed by atoms with Crippen molar-refractivity contribution in [3.8, 4) is 11.5 Å². The van der Waals surface area contributed by atoms with Gasteiger partial charge in [-0.05, 0) is 52.7 Å². The molecule has 0 aliphatic rings. The SMILES string of the molecule is C=CCOc1cc(Br)c(/C=N/NC(=O)Cc2ccc(F)cc2)cc1OCC. The van der Waals surface area contributed by atoms with Gasteiger partial charge in [-0.1, -0.05) is 24.8 Å². The Balaban J connectivity index is 2.04. The van der Waals surface area contributed by atoms with Crippen LogP contribution < -0.4 is 14.9 Å². The van der Waals surface area contributed by atoms with Crippen LogP contribution in [0.2, 0.25) is 0 Å². The van der Waals surface area contributed by atoms with Gasteiger partial charge in [0, 0.05) is 10.0 Å². The van der Waals surface area contributed by atoms with Crippen LogP contribution in [-0.2, 0) is 11.2 Å². The van der Waals surface area contributed by atoms with Gasteiger partial charge in [-0.2, -0.15) is 5.10 Å². The Morgan fingerprint density at radius 1 is 1.26 bits per heavy atom. The second-order valence-electron chi connectivity index (χ2n) is 5.45. The number of halogens is 2. The molecule has 2 rings (SSSR count). The molecule has 1 amide bonds. The molecule has 2 aromatic rings. The molecule has 0 fully saturated rings. The molecular formula is C20H20BrFN2O3. The van der Waals surface area contributed by atoms with E-state index in [0.717, 1.165) is 4.47 Å². The lowest BCUT2D eigenvalue weighted by Gasteiger charge is -2.12. The predicted molar refractivity (Wildman–Crippen MR) is 107 cm³/mol. The van der Waals surface area contributed by atoms with Gasteiger partial charge in [0.15, 0.2) is 11.5 Å². The van der Waals surface area contributed by atoms with Gasteiger partial charge < -0.3 is 9.47 Å². The first-order valence-corrected chi connectivity index (χ1v) is 9.09. The molecule has 0 atom stereocenters. The smallest absolute Gasteiger partial charge is 0.244 e. The number of rotatable bonds is 9. The van der Waals surface area contributed by atoms with Crippen LogP contribution in [0.5, 0.6) is 11.5 Å². The highest BCUT2D eigenvalue weighted by atomic mass is 79.9. The summed E-state index contributed by atoms with van der Waals surface area (Å²) in [5.74, 6) is 0.514. The van der Waals surface area contributed by atoms with E-state index in [1.54, 1.807) is 30.3 Å². The van der Waals surface area contributed by atoms with Crippen molar-refractivity contribution in [3.05, 3.63) is 70.5 Å². The predicted octanol–water partition coefficient (Wildman–Crippen LogP) is 4.24. The van der Waals surface area contributed by atoms with E-state index in [9.17, 15) is 9.18 Å². The maximum Gasteiger partial charge on any atom is 0.244 e. The van der Waals surface area contributed by atoms with E-state index in [2.05, 4.69) is 33.0 Å². The Bertz CT molecular complexity index is 823. The number of hydrazone groups is 1. The van der Waals surface area contributed by atoms with Crippen LogP contribution >= 0.6 is 15.9 Å². The molecule has 0 spiro atoms. The van der Waals surface area contributed by atoms with E-state index >= 15 is 0 Å². The third-order valence-corrected chi connectivity index (χ3v) is 4.08. The quantitative estimate of drug-likeness (QED) is 0.364. The molecule has 27 heavy (non-hydrogen) atoms. The fourth-order valence-electron chi connectivity index (χ4n) is 2.18. The van der Waals surface area contributed by atoms with Crippen molar-refractivity contribution in [2.24, 2.45) is 5.10 Å². The van der Waals surface area contributed by atoms with Gasteiger partial charge in [0.1, 0.15) is 12.4 Å². The van der Waals surface area contributed by atoms with E-state index in [4.69, 9.17) is 9.47 Å². The van der Waals surface area contributed by atoms with Crippen LogP contribution in [0.15, 0.2) is 58.6 Å². The Morgan fingerprint density at radius 3 is 2.63 bits per heavy atom. The Labute approximate surface area is 166 Å². The van der Waals surface area contributed by atoms with E-state index in [1.807, 2.05) is 6.92 Å². The molecule has 5 nitrogen and oxygen atoms in total. The number of hydrogen-bond donors (Lipinski definition) is 1. The minimum Gasteiger partial charge on any atom is -0.490 e. The zero-order valence-electron chi connectivity index (χ0n) is 14.9. The first kappa shape index (κ1) is 20.6. The van der Waals surface area contributed by atoms with Crippen molar-refractivity contribution in [3.63, 3.8) is 0 Å². The van der Waals surface area contributed by atoms with Crippen LogP contribution in [0.4, 0.5) is 4.39 Å². The molecule has 0 heterocycles. The third kappa shape index (κ3) is 6.53. The lowest BCUT2D eigenvalue weighted by atomic mass is 10.1. The molecule has 0 aromatic heterocycles. The number of hydrogen-bond acceptors (Lipinski definition) is 4. The standard InChI is InChI=1S/C20H20BrFN2O3/c1-3-9-27-19-12-17(21)15(11-18(19)26-4-2)13-23-24-20(25)10-14-5-7-16(22)8-6-14/h3,5-8,11-13H,1,4,9-10H2,2H3,(H,24,25)/b23-13+. The molecule has 0 saturated carbocycles. The maximum atomic E-state index is 12.9. The zero-order valence-corrected chi connectivity index (χ0v) is 16.5. The van der Waals surface area contributed by atoms with Crippen LogP contribution in [0, 0.1) is 5.82 Å². The van der Waals surface area contributed by atoms with Gasteiger partial charge in [0.2, 0.25) is 5.91 Å². The lowest BCUT2D eigenvalue weighted by Crippen LogP contribution is -2.19. The average Bonchev–Trinajstić information content (AvgIpc) is 2.65. The van der Waals surface area contributed by atoms with Crippen molar-refractivity contribution in [2.45, 2.75) is 13.3 Å². The number of nitrogens with zero attached hydrogens (tertiary/aromatic N) is 1. The summed E-state index contributed by atoms with van der Waals surface area (Å²) >= 11 is 3.45. The van der Waals surface area contributed by atoms with Gasteiger partial charge >= 0.3 is 0 Å². The van der Waals surface area contributed by atoms with Gasteiger partial charge in [0.05, 0.1) is 19.2 Å². The van der Waals surface area contributed by atoms with E-state index in [0.29, 0.717) is 35.8 Å². The fourth-order valence-corrected chi connectivity index (χ4v) is 2.61. The van der Waals surface area contributed by atoms with Crippen LogP contribution in [-0.4, -0.2) is 25.3 Å². The summed E-state index contributed by atoms with van der Waals surface area (Å²) in [6.45, 7) is 6.35. The van der Waals surface area contributed by atoms with Crippen LogP contribution in [0.25, 0.3) is 0 Å². The van der Waals surface area contributed by atoms with Gasteiger partial charge in [-0.25, -0.2) is 9.82 Å². The molecule has 0 aliphatic heterocycles. The van der Waals surface area contributed by atoms with Crippen molar-refractivity contribution in [2.75, 3.05) is 13.2 Å². The van der Waals surface area contributed by atoms with Crippen LogP contribution in [0.1, 0.15) is 18.1 Å². The van der Waals surface area contributed by atoms with Crippen molar-refractivity contribution >= 4 is 28.1 Å². The zero-order chi connectivity index (χ0) is 19.6. The van der Waals surface area contributed by atoms with Gasteiger partial charge in [0.25, 0.3) is 0 Å². The molecule has 0 aliphatic carbocycles. The number of amides is 1. The second kappa shape index (κ2) is 10.5. The average molecular weight is 435 g/mol. The summed E-state index contributed by atoms with van der Waals surface area (Å²) in [6, 6.07) is 9.29. The van der Waals surface area contributed by atoms with Crippen molar-refractivity contribution < 1.29 is 18.7 Å². The minimum absolute atomic E-state index is 0.108. The molecule has 1 N–H and O–H groups in total. The van der Waals surface area contributed by atoms with E-state index in [1.165, 1.54) is 18.3 Å². The number of ether oxygens (including phenoxy) is 2. The molecular weight excluding hydrogens is 415 g/mol. The molecule has 2 aromatic carbocycles. The number of benzene rings is 2. The fraction of sp³-hybridized carbons (Fsp3) is 0.200. The summed E-state index contributed by atoms with van der Waals surface area (Å²) in [4.78, 5) is 11.9. The maximum absolute atomic E-state index is 12.9. The summed E-state index contributed by atoms with van der Waals surface area (Å²) in [6.07, 6.45) is 3.26. The highest BCUT2D eigenvalue weighted by Gasteiger charge is 2.10. The van der Waals surface area contributed by atoms with Crippen LogP contribution in [0.3, 0.4) is 0 Å². The van der Waals surface area contributed by atoms with Gasteiger partial charge in [-0.15, -0.1) is 0 Å². The highest BCUT2D eigenvalue weighted by Crippen LogP contribution is 2.33. The van der Waals surface area contributed by atoms with Gasteiger partial charge in [-0.3, -0.25) is 4.79 Å². The van der Waals surface area contributed by atoms with Crippen molar-refractivity contribution in [1.82, 2.24) is 5.43 Å². The largest absolute Gasteiger partial charge is 0.490 e. The van der Waals surface area contributed by atoms with E-state index in [-0.39, 0.29) is 18.1 Å². The highest BCUT2D eigenvalue weighted by molar-refractivity contribution is 9.10. The first-order valence-electron chi connectivity index (χ1n) is 8.29. The molecule has 0 radical (unpaired) electrons. The first-order chi connectivity index (χ1) is 13.0. The molecule has 0 bridgehead atoms. The summed E-state index contributed by atoms with van der Waals surface area (Å²) in [7, 11) is 0. The minimum atomic E-state index is -0.340. The molecule has 7 heteroatoms. The third-order valence-electron chi connectivity index (χ3n) is 3.39. The molecule has 0 saturated heterocycles. The Kier molecular flexibility index (Phi) is 8.00. The summed E-state index contributed by atoms with van der Waals surface area (Å²) in [5.41, 5.74) is 3.87. The second-order valence-corrected chi connectivity index (χ2v) is 6.30. The summed E-state index contributed by atoms with van der Waals surface area (Å²) in [5, 5.41) is 3.97.